The number of hydrogen-bond acceptors (Lipinski definition) is 4. The van der Waals surface area contributed by atoms with Gasteiger partial charge >= 0.3 is 0 Å². The van der Waals surface area contributed by atoms with E-state index in [1.54, 1.807) is 13.0 Å². The summed E-state index contributed by atoms with van der Waals surface area (Å²) in [4.78, 5) is 11.9. The summed E-state index contributed by atoms with van der Waals surface area (Å²) < 4.78 is 18.4. The highest BCUT2D eigenvalue weighted by molar-refractivity contribution is 7.99. The van der Waals surface area contributed by atoms with E-state index in [1.807, 2.05) is 13.8 Å². The first-order valence-corrected chi connectivity index (χ1v) is 8.10. The molecule has 0 aliphatic heterocycles. The van der Waals surface area contributed by atoms with Gasteiger partial charge in [-0.2, -0.15) is 5.26 Å². The van der Waals surface area contributed by atoms with Crippen molar-refractivity contribution in [3.8, 4) is 11.8 Å². The second-order valence-corrected chi connectivity index (χ2v) is 6.45. The summed E-state index contributed by atoms with van der Waals surface area (Å²) in [6.45, 7) is 5.47. The van der Waals surface area contributed by atoms with Crippen LogP contribution in [0.3, 0.4) is 0 Å². The van der Waals surface area contributed by atoms with E-state index >= 15 is 0 Å². The van der Waals surface area contributed by atoms with Gasteiger partial charge in [-0.25, -0.2) is 4.39 Å². The molecule has 1 aromatic carbocycles. The molecule has 6 heteroatoms. The van der Waals surface area contributed by atoms with Crippen molar-refractivity contribution in [3.05, 3.63) is 29.6 Å². The van der Waals surface area contributed by atoms with Crippen molar-refractivity contribution in [1.82, 2.24) is 5.32 Å². The van der Waals surface area contributed by atoms with Crippen LogP contribution < -0.4 is 10.1 Å². The molecule has 1 amide bonds. The molecular weight excluding hydrogens is 303 g/mol. The molecule has 0 radical (unpaired) electrons. The summed E-state index contributed by atoms with van der Waals surface area (Å²) >= 11 is 1.35. The minimum absolute atomic E-state index is 0.00904. The molecule has 120 valence electrons. The average Bonchev–Trinajstić information content (AvgIpc) is 2.47. The largest absolute Gasteiger partial charge is 0.496 e. The topological polar surface area (TPSA) is 62.1 Å². The van der Waals surface area contributed by atoms with Gasteiger partial charge < -0.3 is 10.1 Å². The first kappa shape index (κ1) is 18.3. The van der Waals surface area contributed by atoms with Crippen LogP contribution in [0.4, 0.5) is 4.39 Å². The number of nitrogens with zero attached hydrogens (tertiary/aromatic N) is 1. The van der Waals surface area contributed by atoms with Crippen molar-refractivity contribution in [2.24, 2.45) is 5.92 Å². The molecule has 0 saturated heterocycles. The number of carbonyl (C=O) groups is 1. The van der Waals surface area contributed by atoms with E-state index < -0.39 is 5.54 Å². The molecular formula is C16H21FN2O2S. The van der Waals surface area contributed by atoms with Crippen molar-refractivity contribution < 1.29 is 13.9 Å². The van der Waals surface area contributed by atoms with Crippen LogP contribution in [0, 0.1) is 23.1 Å². The number of benzene rings is 1. The zero-order chi connectivity index (χ0) is 16.8. The van der Waals surface area contributed by atoms with E-state index in [0.717, 1.165) is 0 Å². The maximum Gasteiger partial charge on any atom is 0.231 e. The monoisotopic (exact) mass is 324 g/mol. The molecule has 1 aromatic rings. The lowest BCUT2D eigenvalue weighted by atomic mass is 9.90. The van der Waals surface area contributed by atoms with Gasteiger partial charge in [0.2, 0.25) is 5.91 Å². The maximum atomic E-state index is 13.2. The van der Waals surface area contributed by atoms with Crippen LogP contribution in [0.2, 0.25) is 0 Å². The van der Waals surface area contributed by atoms with Crippen LogP contribution in [-0.2, 0) is 10.5 Å². The van der Waals surface area contributed by atoms with Gasteiger partial charge in [-0.1, -0.05) is 13.8 Å². The van der Waals surface area contributed by atoms with Crippen molar-refractivity contribution in [2.75, 3.05) is 12.9 Å². The molecule has 1 rings (SSSR count). The molecule has 1 atom stereocenters. The lowest BCUT2D eigenvalue weighted by Gasteiger charge is -2.27. The number of ether oxygens (including phenoxy) is 1. The molecule has 0 aliphatic rings. The molecule has 0 saturated carbocycles. The Balaban J connectivity index is 2.56. The number of methoxy groups -OCH3 is 1. The number of thioether (sulfide) groups is 1. The molecule has 4 nitrogen and oxygen atoms in total. The molecule has 0 bridgehead atoms. The van der Waals surface area contributed by atoms with Gasteiger partial charge in [-0.3, -0.25) is 4.79 Å². The highest BCUT2D eigenvalue weighted by Gasteiger charge is 2.29. The molecule has 0 fully saturated rings. The number of nitriles is 1. The fourth-order valence-electron chi connectivity index (χ4n) is 1.74. The highest BCUT2D eigenvalue weighted by Crippen LogP contribution is 2.24. The SMILES string of the molecule is COc1ccc(F)cc1CSCC(=O)NC(C)(C#N)C(C)C. The predicted molar refractivity (Wildman–Crippen MR) is 86.1 cm³/mol. The zero-order valence-corrected chi connectivity index (χ0v) is 14.1. The molecule has 0 spiro atoms. The van der Waals surface area contributed by atoms with Crippen LogP contribution in [0.5, 0.6) is 5.75 Å². The van der Waals surface area contributed by atoms with Crippen molar-refractivity contribution in [1.29, 1.82) is 5.26 Å². The molecule has 1 unspecified atom stereocenters. The number of halogens is 1. The Morgan fingerprint density at radius 2 is 2.23 bits per heavy atom. The number of amides is 1. The highest BCUT2D eigenvalue weighted by atomic mass is 32.2. The summed E-state index contributed by atoms with van der Waals surface area (Å²) in [6.07, 6.45) is 0. The molecule has 0 heterocycles. The standard InChI is InChI=1S/C16H21FN2O2S/c1-11(2)16(3,10-18)19-15(20)9-22-8-12-7-13(17)5-6-14(12)21-4/h5-7,11H,8-9H2,1-4H3,(H,19,20). The summed E-state index contributed by atoms with van der Waals surface area (Å²) in [7, 11) is 1.52. The second kappa shape index (κ2) is 8.04. The van der Waals surface area contributed by atoms with Crippen LogP contribution in [-0.4, -0.2) is 24.3 Å². The number of rotatable bonds is 7. The second-order valence-electron chi connectivity index (χ2n) is 5.47. The van der Waals surface area contributed by atoms with Crippen molar-refractivity contribution >= 4 is 17.7 Å². The third-order valence-corrected chi connectivity index (χ3v) is 4.50. The lowest BCUT2D eigenvalue weighted by molar-refractivity contribution is -0.120. The van der Waals surface area contributed by atoms with Gasteiger partial charge in [0.1, 0.15) is 17.1 Å². The lowest BCUT2D eigenvalue weighted by Crippen LogP contribution is -2.49. The average molecular weight is 324 g/mol. The van der Waals surface area contributed by atoms with E-state index in [2.05, 4.69) is 11.4 Å². The smallest absolute Gasteiger partial charge is 0.231 e. The van der Waals surface area contributed by atoms with Gasteiger partial charge in [0.15, 0.2) is 0 Å². The fraction of sp³-hybridized carbons (Fsp3) is 0.500. The van der Waals surface area contributed by atoms with Crippen LogP contribution >= 0.6 is 11.8 Å². The summed E-state index contributed by atoms with van der Waals surface area (Å²) in [5, 5.41) is 11.9. The Labute approximate surface area is 135 Å². The Morgan fingerprint density at radius 3 is 2.77 bits per heavy atom. The van der Waals surface area contributed by atoms with Gasteiger partial charge in [-0.15, -0.1) is 11.8 Å². The first-order chi connectivity index (χ1) is 10.3. The Bertz CT molecular complexity index is 572. The fourth-order valence-corrected chi connectivity index (χ4v) is 2.55. The van der Waals surface area contributed by atoms with E-state index in [-0.39, 0.29) is 23.4 Å². The van der Waals surface area contributed by atoms with E-state index in [9.17, 15) is 14.4 Å². The van der Waals surface area contributed by atoms with E-state index in [4.69, 9.17) is 4.74 Å². The Morgan fingerprint density at radius 1 is 1.55 bits per heavy atom. The van der Waals surface area contributed by atoms with E-state index in [0.29, 0.717) is 17.1 Å². The van der Waals surface area contributed by atoms with Gasteiger partial charge in [-0.05, 0) is 31.0 Å². The molecule has 22 heavy (non-hydrogen) atoms. The minimum Gasteiger partial charge on any atom is -0.496 e. The number of nitrogens with one attached hydrogen (secondary N) is 1. The van der Waals surface area contributed by atoms with Crippen molar-refractivity contribution in [3.63, 3.8) is 0 Å². The Hall–Kier alpha value is -1.74. The number of hydrogen-bond donors (Lipinski definition) is 1. The van der Waals surface area contributed by atoms with Crippen LogP contribution in [0.1, 0.15) is 26.3 Å². The predicted octanol–water partition coefficient (Wildman–Crippen LogP) is 3.12. The van der Waals surface area contributed by atoms with Gasteiger partial charge in [0.25, 0.3) is 0 Å². The quantitative estimate of drug-likeness (QED) is 0.837. The maximum absolute atomic E-state index is 13.2. The molecule has 1 N–H and O–H groups in total. The summed E-state index contributed by atoms with van der Waals surface area (Å²) in [5.74, 6) is 0.715. The van der Waals surface area contributed by atoms with Crippen molar-refractivity contribution in [2.45, 2.75) is 32.1 Å². The van der Waals surface area contributed by atoms with E-state index in [1.165, 1.54) is 31.0 Å². The van der Waals surface area contributed by atoms with Crippen LogP contribution in [0.25, 0.3) is 0 Å². The minimum atomic E-state index is -0.881. The normalized spacial score (nSPS) is 13.3. The molecule has 0 aliphatic carbocycles. The van der Waals surface area contributed by atoms with Gasteiger partial charge in [0.05, 0.1) is 18.9 Å². The third kappa shape index (κ3) is 4.92. The number of carbonyl (C=O) groups excluding carboxylic acids is 1. The third-order valence-electron chi connectivity index (χ3n) is 3.52. The summed E-state index contributed by atoms with van der Waals surface area (Å²) in [5.41, 5.74) is -0.180. The summed E-state index contributed by atoms with van der Waals surface area (Å²) in [6, 6.07) is 6.43. The van der Waals surface area contributed by atoms with Gasteiger partial charge in [0, 0.05) is 11.3 Å². The zero-order valence-electron chi connectivity index (χ0n) is 13.3. The molecule has 0 aromatic heterocycles. The Kier molecular flexibility index (Phi) is 6.69. The van der Waals surface area contributed by atoms with Crippen LogP contribution in [0.15, 0.2) is 18.2 Å². The first-order valence-electron chi connectivity index (χ1n) is 6.94.